The number of hydrogen-bond donors (Lipinski definition) is 0. The Labute approximate surface area is 57.5 Å². The highest BCUT2D eigenvalue weighted by Gasteiger charge is 2.58. The zero-order chi connectivity index (χ0) is 7.71. The molecule has 0 aromatic carbocycles. The van der Waals surface area contributed by atoms with E-state index in [-0.39, 0.29) is 5.41 Å². The number of halogens is 1. The number of alkyl halides is 1. The molecule has 9 heavy (non-hydrogen) atoms. The summed E-state index contributed by atoms with van der Waals surface area (Å²) in [6.07, 6.45) is 0.736. The van der Waals surface area contributed by atoms with Crippen molar-refractivity contribution in [3.05, 3.63) is 0 Å². The molecule has 0 heterocycles. The maximum atomic E-state index is 12.6. The molecule has 0 spiro atoms. The lowest BCUT2D eigenvalue weighted by Gasteiger charge is -2.00. The van der Waals surface area contributed by atoms with Crippen LogP contribution < -0.4 is 0 Å². The van der Waals surface area contributed by atoms with Crippen molar-refractivity contribution in [1.29, 1.82) is 0 Å². The first-order valence-corrected chi connectivity index (χ1v) is 3.65. The minimum atomic E-state index is -0.854. The second-order valence-electron chi connectivity index (χ2n) is 3.26. The third-order valence-electron chi connectivity index (χ3n) is 2.06. The van der Waals surface area contributed by atoms with Gasteiger partial charge < -0.3 is 0 Å². The smallest absolute Gasteiger partial charge is 0.114 e. The molecule has 0 bridgehead atoms. The summed E-state index contributed by atoms with van der Waals surface area (Å²) in [5.41, 5.74) is -0.875. The van der Waals surface area contributed by atoms with Crippen LogP contribution >= 0.6 is 0 Å². The highest BCUT2D eigenvalue weighted by atomic mass is 19.1. The fourth-order valence-electron chi connectivity index (χ4n) is 0.786. The van der Waals surface area contributed by atoms with Crippen molar-refractivity contribution < 1.29 is 4.39 Å². The molecule has 1 aliphatic rings. The van der Waals surface area contributed by atoms with Crippen molar-refractivity contribution in [3.8, 4) is 0 Å². The topological polar surface area (TPSA) is 0 Å². The van der Waals surface area contributed by atoms with E-state index in [9.17, 15) is 4.39 Å². The van der Waals surface area contributed by atoms with Crippen LogP contribution in [0.4, 0.5) is 4.39 Å². The molecule has 0 radical (unpaired) electrons. The van der Waals surface area contributed by atoms with E-state index in [1.54, 1.807) is 6.92 Å². The highest BCUT2D eigenvalue weighted by Crippen LogP contribution is 2.58. The highest BCUT2D eigenvalue weighted by molar-refractivity contribution is 5.07. The zero-order valence-electron chi connectivity index (χ0n) is 7.09. The monoisotopic (exact) mass is 132 g/mol. The lowest BCUT2D eigenvalue weighted by molar-refractivity contribution is 0.271. The Balaban J connectivity index is 0.000000291. The van der Waals surface area contributed by atoms with Crippen LogP contribution in [0.1, 0.15) is 41.0 Å². The maximum absolute atomic E-state index is 12.6. The lowest BCUT2D eigenvalue weighted by Crippen LogP contribution is -2.01. The average Bonchev–Trinajstić information content (AvgIpc) is 2.10. The Kier molecular flexibility index (Phi) is 2.26. The van der Waals surface area contributed by atoms with Gasteiger partial charge in [-0.15, -0.1) is 0 Å². The van der Waals surface area contributed by atoms with Crippen LogP contribution in [0.5, 0.6) is 0 Å². The van der Waals surface area contributed by atoms with Crippen molar-refractivity contribution in [2.24, 2.45) is 5.41 Å². The molecule has 0 saturated heterocycles. The van der Waals surface area contributed by atoms with Gasteiger partial charge in [-0.05, 0) is 13.3 Å². The van der Waals surface area contributed by atoms with Crippen molar-refractivity contribution in [2.75, 3.05) is 0 Å². The predicted octanol–water partition coefficient (Wildman–Crippen LogP) is 3.17. The molecule has 0 aliphatic heterocycles. The summed E-state index contributed by atoms with van der Waals surface area (Å²) in [5, 5.41) is 0. The fourth-order valence-corrected chi connectivity index (χ4v) is 0.786. The molecule has 56 valence electrons. The van der Waals surface area contributed by atoms with Crippen molar-refractivity contribution >= 4 is 0 Å². The van der Waals surface area contributed by atoms with Crippen LogP contribution in [-0.4, -0.2) is 5.67 Å². The van der Waals surface area contributed by atoms with Gasteiger partial charge in [0.05, 0.1) is 0 Å². The van der Waals surface area contributed by atoms with E-state index in [1.165, 1.54) is 0 Å². The first kappa shape index (κ1) is 8.93. The van der Waals surface area contributed by atoms with Gasteiger partial charge in [-0.3, -0.25) is 0 Å². The van der Waals surface area contributed by atoms with Gasteiger partial charge in [0.25, 0.3) is 0 Å². The molecule has 1 unspecified atom stereocenters. The molecule has 0 N–H and O–H groups in total. The lowest BCUT2D eigenvalue weighted by atomic mass is 10.1. The molecule has 0 nitrogen and oxygen atoms in total. The summed E-state index contributed by atoms with van der Waals surface area (Å²) in [6, 6.07) is 0. The Bertz CT molecular complexity index is 80.7. The van der Waals surface area contributed by atoms with E-state index in [4.69, 9.17) is 0 Å². The van der Waals surface area contributed by atoms with Crippen LogP contribution in [0.15, 0.2) is 0 Å². The van der Waals surface area contributed by atoms with E-state index in [0.717, 1.165) is 6.42 Å². The molecule has 1 heteroatoms. The normalized spacial score (nSPS) is 36.7. The van der Waals surface area contributed by atoms with Crippen molar-refractivity contribution in [2.45, 2.75) is 46.7 Å². The van der Waals surface area contributed by atoms with Gasteiger partial charge in [0, 0.05) is 5.41 Å². The summed E-state index contributed by atoms with van der Waals surface area (Å²) in [5.74, 6) is 0. The summed E-state index contributed by atoms with van der Waals surface area (Å²) in [6.45, 7) is 9.56. The Morgan fingerprint density at radius 1 is 1.11 bits per heavy atom. The minimum absolute atomic E-state index is 0.0208. The van der Waals surface area contributed by atoms with Crippen LogP contribution in [0.2, 0.25) is 0 Å². The number of hydrogen-bond acceptors (Lipinski definition) is 0. The van der Waals surface area contributed by atoms with E-state index < -0.39 is 5.67 Å². The second kappa shape index (κ2) is 2.28. The van der Waals surface area contributed by atoms with Crippen LogP contribution in [0.25, 0.3) is 0 Å². The predicted molar refractivity (Wildman–Crippen MR) is 39.3 cm³/mol. The Hall–Kier alpha value is -0.0700. The number of rotatable bonds is 0. The van der Waals surface area contributed by atoms with Crippen LogP contribution in [0, 0.1) is 5.41 Å². The van der Waals surface area contributed by atoms with Crippen molar-refractivity contribution in [3.63, 3.8) is 0 Å². The first-order valence-electron chi connectivity index (χ1n) is 3.65. The van der Waals surface area contributed by atoms with E-state index in [2.05, 4.69) is 0 Å². The third-order valence-corrected chi connectivity index (χ3v) is 2.06. The van der Waals surface area contributed by atoms with Crippen LogP contribution in [0.3, 0.4) is 0 Å². The van der Waals surface area contributed by atoms with Crippen molar-refractivity contribution in [1.82, 2.24) is 0 Å². The fraction of sp³-hybridized carbons (Fsp3) is 1.00. The van der Waals surface area contributed by atoms with Gasteiger partial charge >= 0.3 is 0 Å². The Morgan fingerprint density at radius 2 is 1.22 bits per heavy atom. The van der Waals surface area contributed by atoms with Gasteiger partial charge in [0.15, 0.2) is 0 Å². The molecule has 0 aromatic heterocycles. The largest absolute Gasteiger partial charge is 0.244 e. The van der Waals surface area contributed by atoms with Crippen LogP contribution in [-0.2, 0) is 0 Å². The SMILES string of the molecule is CC.CC1(C)CC1(C)F. The molecule has 0 amide bonds. The zero-order valence-corrected chi connectivity index (χ0v) is 7.09. The second-order valence-corrected chi connectivity index (χ2v) is 3.26. The van der Waals surface area contributed by atoms with Gasteiger partial charge in [-0.2, -0.15) is 0 Å². The molecule has 1 saturated carbocycles. The van der Waals surface area contributed by atoms with Gasteiger partial charge in [0.1, 0.15) is 5.67 Å². The molecule has 1 atom stereocenters. The summed E-state index contributed by atoms with van der Waals surface area (Å²) < 4.78 is 12.6. The van der Waals surface area contributed by atoms with E-state index in [0.29, 0.717) is 0 Å². The third kappa shape index (κ3) is 1.67. The standard InChI is InChI=1S/C6H11F.C2H6/c1-5(2)4-6(5,3)7;1-2/h4H2,1-3H3;1-2H3. The molecule has 1 aliphatic carbocycles. The summed E-state index contributed by atoms with van der Waals surface area (Å²) in [7, 11) is 0. The minimum Gasteiger partial charge on any atom is -0.244 e. The molecular weight excluding hydrogens is 115 g/mol. The average molecular weight is 132 g/mol. The summed E-state index contributed by atoms with van der Waals surface area (Å²) in [4.78, 5) is 0. The quantitative estimate of drug-likeness (QED) is 0.475. The summed E-state index contributed by atoms with van der Waals surface area (Å²) >= 11 is 0. The molecular formula is C8H17F. The van der Waals surface area contributed by atoms with Gasteiger partial charge in [-0.1, -0.05) is 27.7 Å². The first-order chi connectivity index (χ1) is 3.96. The van der Waals surface area contributed by atoms with E-state index in [1.807, 2.05) is 27.7 Å². The Morgan fingerprint density at radius 3 is 1.22 bits per heavy atom. The molecule has 1 fully saturated rings. The molecule has 1 rings (SSSR count). The maximum Gasteiger partial charge on any atom is 0.114 e. The van der Waals surface area contributed by atoms with Gasteiger partial charge in [-0.25, -0.2) is 4.39 Å². The molecule has 0 aromatic rings. The van der Waals surface area contributed by atoms with Gasteiger partial charge in [0.2, 0.25) is 0 Å². The van der Waals surface area contributed by atoms with E-state index >= 15 is 0 Å².